The fourth-order valence-corrected chi connectivity index (χ4v) is 9.38. The highest BCUT2D eigenvalue weighted by atomic mass is 15.0. The molecule has 0 radical (unpaired) electrons. The second kappa shape index (κ2) is 11.0. The van der Waals surface area contributed by atoms with E-state index in [2.05, 4.69) is 137 Å². The van der Waals surface area contributed by atoms with Gasteiger partial charge in [-0.25, -0.2) is 0 Å². The molecule has 0 aromatic carbocycles. The third-order valence-electron chi connectivity index (χ3n) is 12.5. The van der Waals surface area contributed by atoms with Gasteiger partial charge in [-0.2, -0.15) is 0 Å². The Morgan fingerprint density at radius 2 is 0.619 bits per heavy atom. The van der Waals surface area contributed by atoms with Crippen LogP contribution in [-0.2, 0) is 35.8 Å². The molecule has 0 fully saturated rings. The molecule has 0 atom stereocenters. The topological polar surface area (TPSA) is 41.4 Å². The Bertz CT molecular complexity index is 1400. The van der Waals surface area contributed by atoms with Crippen molar-refractivity contribution in [3.05, 3.63) is 94.1 Å². The van der Waals surface area contributed by atoms with Crippen LogP contribution >= 0.6 is 0 Å². The summed E-state index contributed by atoms with van der Waals surface area (Å²) in [6.07, 6.45) is 8.39. The molecular formula is C38H56N4. The fourth-order valence-electron chi connectivity index (χ4n) is 9.38. The Labute approximate surface area is 255 Å². The summed E-state index contributed by atoms with van der Waals surface area (Å²) in [5.74, 6) is 0. The van der Waals surface area contributed by atoms with Gasteiger partial charge in [0.2, 0.25) is 0 Å². The minimum absolute atomic E-state index is 0.0706. The van der Waals surface area contributed by atoms with Crippen molar-refractivity contribution in [1.29, 1.82) is 0 Å². The molecule has 4 aromatic heterocycles. The molecule has 4 nitrogen and oxygen atoms in total. The number of nitrogens with zero attached hydrogens (tertiary/aromatic N) is 2. The fraction of sp³-hybridized carbons (Fsp3) is 0.579. The van der Waals surface area contributed by atoms with Crippen LogP contribution in [0.15, 0.2) is 48.5 Å². The van der Waals surface area contributed by atoms with Crippen LogP contribution in [0.25, 0.3) is 0 Å². The molecule has 1 aliphatic rings. The summed E-state index contributed by atoms with van der Waals surface area (Å²) in [7, 11) is 4.65. The first-order chi connectivity index (χ1) is 20.2. The first-order valence-electron chi connectivity index (χ1n) is 16.9. The number of H-pyrrole nitrogens is 2. The van der Waals surface area contributed by atoms with E-state index in [-0.39, 0.29) is 21.7 Å². The van der Waals surface area contributed by atoms with E-state index in [4.69, 9.17) is 0 Å². The van der Waals surface area contributed by atoms with Gasteiger partial charge in [0.15, 0.2) is 0 Å². The van der Waals surface area contributed by atoms with E-state index in [1.165, 1.54) is 45.6 Å². The SMILES string of the molecule is CCC1(CC)c2ccc([nH]2)C(CC)(CC)c2ccc(n2C)C(CC)(CC)c2ccc(n2C)C(CC)(CC)c2ccc1[nH]2. The van der Waals surface area contributed by atoms with Crippen LogP contribution in [0.2, 0.25) is 0 Å². The molecule has 4 aromatic rings. The smallest absolute Gasteiger partial charge is 0.0502 e. The predicted molar refractivity (Wildman–Crippen MR) is 178 cm³/mol. The monoisotopic (exact) mass is 568 g/mol. The van der Waals surface area contributed by atoms with Gasteiger partial charge in [-0.05, 0) is 99.9 Å². The van der Waals surface area contributed by atoms with Gasteiger partial charge in [-0.15, -0.1) is 0 Å². The van der Waals surface area contributed by atoms with E-state index >= 15 is 0 Å². The maximum Gasteiger partial charge on any atom is 0.0502 e. The molecule has 1 aliphatic heterocycles. The van der Waals surface area contributed by atoms with Crippen molar-refractivity contribution < 1.29 is 0 Å². The summed E-state index contributed by atoms with van der Waals surface area (Å²) in [6.45, 7) is 18.9. The van der Waals surface area contributed by atoms with Crippen molar-refractivity contribution in [2.45, 2.75) is 128 Å². The number of hydrogen-bond donors (Lipinski definition) is 2. The lowest BCUT2D eigenvalue weighted by Gasteiger charge is -2.38. The summed E-state index contributed by atoms with van der Waals surface area (Å²) in [5, 5.41) is 0. The van der Waals surface area contributed by atoms with Gasteiger partial charge in [-0.3, -0.25) is 0 Å². The normalized spacial score (nSPS) is 18.3. The van der Waals surface area contributed by atoms with Gasteiger partial charge < -0.3 is 19.1 Å². The van der Waals surface area contributed by atoms with Crippen molar-refractivity contribution in [3.63, 3.8) is 0 Å². The highest BCUT2D eigenvalue weighted by Gasteiger charge is 2.44. The Hall–Kier alpha value is -2.88. The Morgan fingerprint density at radius 3 is 0.881 bits per heavy atom. The second-order valence-electron chi connectivity index (χ2n) is 13.1. The minimum Gasteiger partial charge on any atom is -0.361 e. The molecule has 0 aliphatic carbocycles. The third-order valence-corrected chi connectivity index (χ3v) is 12.5. The second-order valence-corrected chi connectivity index (χ2v) is 13.1. The maximum absolute atomic E-state index is 4.08. The van der Waals surface area contributed by atoms with Crippen molar-refractivity contribution in [1.82, 2.24) is 19.1 Å². The zero-order valence-corrected chi connectivity index (χ0v) is 28.2. The van der Waals surface area contributed by atoms with Crippen molar-refractivity contribution in [3.8, 4) is 0 Å². The zero-order valence-electron chi connectivity index (χ0n) is 28.2. The molecule has 5 heterocycles. The number of rotatable bonds is 8. The highest BCUT2D eigenvalue weighted by Crippen LogP contribution is 2.49. The number of hydrogen-bond acceptors (Lipinski definition) is 0. The first kappa shape index (κ1) is 30.6. The predicted octanol–water partition coefficient (Wildman–Crippen LogP) is 9.76. The lowest BCUT2D eigenvalue weighted by atomic mass is 9.75. The van der Waals surface area contributed by atoms with Gasteiger partial charge >= 0.3 is 0 Å². The summed E-state index contributed by atoms with van der Waals surface area (Å²) in [6, 6.07) is 19.4. The van der Waals surface area contributed by atoms with Gasteiger partial charge in [0.25, 0.3) is 0 Å². The molecule has 5 rings (SSSR count). The molecule has 0 saturated carbocycles. The Balaban J connectivity index is 1.93. The summed E-state index contributed by atoms with van der Waals surface area (Å²) in [4.78, 5) is 8.15. The van der Waals surface area contributed by atoms with Crippen molar-refractivity contribution in [2.75, 3.05) is 0 Å². The molecule has 0 spiro atoms. The van der Waals surface area contributed by atoms with Gasteiger partial charge in [0.05, 0.1) is 5.41 Å². The largest absolute Gasteiger partial charge is 0.361 e. The molecule has 228 valence electrons. The zero-order chi connectivity index (χ0) is 30.5. The van der Waals surface area contributed by atoms with Gasteiger partial charge in [-0.1, -0.05) is 55.4 Å². The third kappa shape index (κ3) is 3.78. The summed E-state index contributed by atoms with van der Waals surface area (Å²) < 4.78 is 5.13. The highest BCUT2D eigenvalue weighted by molar-refractivity contribution is 5.46. The average molecular weight is 569 g/mol. The molecule has 2 N–H and O–H groups in total. The van der Waals surface area contributed by atoms with Crippen LogP contribution in [0.5, 0.6) is 0 Å². The van der Waals surface area contributed by atoms with Crippen LogP contribution in [0, 0.1) is 0 Å². The minimum atomic E-state index is -0.0909. The molecular weight excluding hydrogens is 512 g/mol. The quantitative estimate of drug-likeness (QED) is 0.212. The van der Waals surface area contributed by atoms with E-state index in [1.54, 1.807) is 0 Å². The summed E-state index contributed by atoms with van der Waals surface area (Å²) in [5.41, 5.74) is 10.7. The van der Waals surface area contributed by atoms with Gasteiger partial charge in [0.1, 0.15) is 0 Å². The molecule has 0 unspecified atom stereocenters. The van der Waals surface area contributed by atoms with Crippen LogP contribution in [-0.4, -0.2) is 19.1 Å². The van der Waals surface area contributed by atoms with E-state index in [0.717, 1.165) is 51.4 Å². The summed E-state index contributed by atoms with van der Waals surface area (Å²) >= 11 is 0. The molecule has 0 amide bonds. The van der Waals surface area contributed by atoms with Crippen LogP contribution in [0.1, 0.15) is 152 Å². The first-order valence-corrected chi connectivity index (χ1v) is 16.9. The van der Waals surface area contributed by atoms with Crippen LogP contribution < -0.4 is 0 Å². The lowest BCUT2D eigenvalue weighted by Crippen LogP contribution is -2.36. The van der Waals surface area contributed by atoms with E-state index in [1.807, 2.05) is 0 Å². The van der Waals surface area contributed by atoms with Crippen LogP contribution in [0.4, 0.5) is 0 Å². The van der Waals surface area contributed by atoms with Crippen molar-refractivity contribution >= 4 is 0 Å². The number of fused-ring (bicyclic) bond motifs is 8. The van der Waals surface area contributed by atoms with E-state index in [9.17, 15) is 0 Å². The maximum atomic E-state index is 4.08. The van der Waals surface area contributed by atoms with Crippen molar-refractivity contribution in [2.24, 2.45) is 14.1 Å². The number of nitrogens with one attached hydrogen (secondary N) is 2. The molecule has 4 heteroatoms. The molecule has 42 heavy (non-hydrogen) atoms. The van der Waals surface area contributed by atoms with Gasteiger partial charge in [0, 0.05) is 75.9 Å². The standard InChI is InChI=1S/C38H56N4/c1-11-35(12-2)27-19-21-29(39-27)36(13-3,14-4)31-23-25-33(41(31)9)38(17-7,18-8)34-26-24-32(42(34)10)37(15-5,16-6)30-22-20-28(35)40-30/h19-26,39-40H,11-18H2,1-10H3. The lowest BCUT2D eigenvalue weighted by molar-refractivity contribution is 0.384. The van der Waals surface area contributed by atoms with E-state index in [0.29, 0.717) is 0 Å². The average Bonchev–Trinajstić information content (AvgIpc) is 3.84. The molecule has 0 saturated heterocycles. The number of aromatic nitrogens is 4. The van der Waals surface area contributed by atoms with E-state index < -0.39 is 0 Å². The Kier molecular flexibility index (Phi) is 8.00. The Morgan fingerprint density at radius 1 is 0.381 bits per heavy atom. The van der Waals surface area contributed by atoms with Crippen LogP contribution in [0.3, 0.4) is 0 Å². The number of aromatic amines is 2. The molecule has 8 bridgehead atoms.